The molecule has 0 unspecified atom stereocenters. The number of hydrogen-bond acceptors (Lipinski definition) is 4. The molecule has 1 atom stereocenters. The second kappa shape index (κ2) is 8.22. The fraction of sp³-hybridized carbons (Fsp3) is 0.190. The van der Waals surface area contributed by atoms with Gasteiger partial charge in [0.25, 0.3) is 0 Å². The van der Waals surface area contributed by atoms with E-state index in [1.54, 1.807) is 25.1 Å². The molecule has 150 valence electrons. The molecule has 1 amide bonds. The van der Waals surface area contributed by atoms with Crippen molar-refractivity contribution in [3.05, 3.63) is 70.9 Å². The minimum Gasteiger partial charge on any atom is -0.478 e. The number of pyridine rings is 1. The summed E-state index contributed by atoms with van der Waals surface area (Å²) in [6, 6.07) is 7.40. The monoisotopic (exact) mass is 400 g/mol. The molecule has 0 radical (unpaired) electrons. The first-order valence-electron chi connectivity index (χ1n) is 8.87. The predicted molar refractivity (Wildman–Crippen MR) is 102 cm³/mol. The number of ketones is 1. The summed E-state index contributed by atoms with van der Waals surface area (Å²) < 4.78 is 34.8. The summed E-state index contributed by atoms with van der Waals surface area (Å²) in [6.45, 7) is 3.61. The highest BCUT2D eigenvalue weighted by atomic mass is 19.1. The summed E-state index contributed by atoms with van der Waals surface area (Å²) in [6.07, 6.45) is 0.132. The number of carbonyl (C=O) groups excluding carboxylic acids is 1. The van der Waals surface area contributed by atoms with Crippen molar-refractivity contribution in [2.24, 2.45) is 0 Å². The number of nitrogens with zero attached hydrogens (tertiary/aromatic N) is 1. The van der Waals surface area contributed by atoms with Crippen molar-refractivity contribution < 1.29 is 28.2 Å². The summed E-state index contributed by atoms with van der Waals surface area (Å²) in [5.41, 5.74) is -0.536. The van der Waals surface area contributed by atoms with Crippen molar-refractivity contribution in [2.45, 2.75) is 19.9 Å². The first kappa shape index (κ1) is 20.2. The van der Waals surface area contributed by atoms with Crippen LogP contribution in [-0.4, -0.2) is 28.6 Å². The van der Waals surface area contributed by atoms with Gasteiger partial charge in [-0.25, -0.2) is 18.6 Å². The normalized spacial score (nSPS) is 11.9. The average Bonchev–Trinajstić information content (AvgIpc) is 2.66. The van der Waals surface area contributed by atoms with Crippen LogP contribution in [0.1, 0.15) is 41.4 Å². The third-order valence-electron chi connectivity index (χ3n) is 4.43. The summed E-state index contributed by atoms with van der Waals surface area (Å²) >= 11 is 0. The van der Waals surface area contributed by atoms with Crippen LogP contribution in [0.3, 0.4) is 0 Å². The van der Waals surface area contributed by atoms with Crippen LogP contribution in [0, 0.1) is 11.6 Å². The van der Waals surface area contributed by atoms with Gasteiger partial charge in [0.05, 0.1) is 18.2 Å². The van der Waals surface area contributed by atoms with Crippen LogP contribution < -0.4 is 10.1 Å². The van der Waals surface area contributed by atoms with Crippen LogP contribution in [0.15, 0.2) is 42.6 Å². The molecule has 6 nitrogen and oxygen atoms in total. The van der Waals surface area contributed by atoms with Gasteiger partial charge in [-0.1, -0.05) is 12.1 Å². The molecule has 2 N–H and O–H groups in total. The highest BCUT2D eigenvalue weighted by Gasteiger charge is 2.24. The van der Waals surface area contributed by atoms with Crippen molar-refractivity contribution in [3.8, 4) is 5.88 Å². The first-order valence-corrected chi connectivity index (χ1v) is 8.87. The summed E-state index contributed by atoms with van der Waals surface area (Å²) in [5.74, 6) is -2.64. The molecule has 8 heteroatoms. The van der Waals surface area contributed by atoms with E-state index in [0.29, 0.717) is 23.3 Å². The number of nitrogens with one attached hydrogen (secondary N) is 1. The van der Waals surface area contributed by atoms with Gasteiger partial charge in [0.1, 0.15) is 11.6 Å². The number of halogens is 2. The van der Waals surface area contributed by atoms with Gasteiger partial charge in [-0.2, -0.15) is 0 Å². The van der Waals surface area contributed by atoms with Crippen molar-refractivity contribution >= 4 is 22.6 Å². The van der Waals surface area contributed by atoms with Gasteiger partial charge in [0, 0.05) is 17.1 Å². The average molecular weight is 400 g/mol. The predicted octanol–water partition coefficient (Wildman–Crippen LogP) is 4.47. The molecule has 0 aliphatic rings. The molecular weight excluding hydrogens is 382 g/mol. The molecule has 3 aromatic rings. The van der Waals surface area contributed by atoms with Crippen LogP contribution in [0.25, 0.3) is 10.8 Å². The molecule has 29 heavy (non-hydrogen) atoms. The summed E-state index contributed by atoms with van der Waals surface area (Å²) in [7, 11) is 0. The zero-order valence-electron chi connectivity index (χ0n) is 15.7. The summed E-state index contributed by atoms with van der Waals surface area (Å²) in [4.78, 5) is 27.8. The van der Waals surface area contributed by atoms with Gasteiger partial charge in [0.15, 0.2) is 5.78 Å². The number of carboxylic acid groups (broad SMARTS) is 1. The Hall–Kier alpha value is -3.55. The maximum Gasteiger partial charge on any atom is 0.405 e. The lowest BCUT2D eigenvalue weighted by molar-refractivity contribution is 0.103. The first-order chi connectivity index (χ1) is 13.8. The van der Waals surface area contributed by atoms with Gasteiger partial charge < -0.3 is 15.2 Å². The number of carbonyl (C=O) groups is 2. The van der Waals surface area contributed by atoms with E-state index in [4.69, 9.17) is 9.84 Å². The Morgan fingerprint density at radius 1 is 1.17 bits per heavy atom. The van der Waals surface area contributed by atoms with Gasteiger partial charge in [0.2, 0.25) is 5.88 Å². The number of benzene rings is 2. The lowest BCUT2D eigenvalue weighted by Gasteiger charge is -2.14. The van der Waals surface area contributed by atoms with Crippen LogP contribution >= 0.6 is 0 Å². The van der Waals surface area contributed by atoms with Crippen LogP contribution in [0.4, 0.5) is 13.6 Å². The topological polar surface area (TPSA) is 88.5 Å². The zero-order valence-corrected chi connectivity index (χ0v) is 15.7. The Labute approximate surface area is 165 Å². The third kappa shape index (κ3) is 4.01. The van der Waals surface area contributed by atoms with E-state index in [0.717, 1.165) is 12.1 Å². The lowest BCUT2D eigenvalue weighted by Crippen LogP contribution is -2.25. The molecule has 0 saturated carbocycles. The fourth-order valence-electron chi connectivity index (χ4n) is 3.09. The van der Waals surface area contributed by atoms with E-state index in [1.807, 2.05) is 0 Å². The molecule has 0 saturated heterocycles. The lowest BCUT2D eigenvalue weighted by atomic mass is 9.95. The smallest absolute Gasteiger partial charge is 0.405 e. The maximum atomic E-state index is 14.7. The van der Waals surface area contributed by atoms with Crippen LogP contribution in [0.5, 0.6) is 5.88 Å². The number of hydrogen-bond donors (Lipinski definition) is 2. The van der Waals surface area contributed by atoms with Crippen molar-refractivity contribution in [3.63, 3.8) is 0 Å². The molecule has 3 rings (SSSR count). The van der Waals surface area contributed by atoms with E-state index < -0.39 is 35.1 Å². The molecule has 0 bridgehead atoms. The second-order valence-electron chi connectivity index (χ2n) is 6.31. The zero-order chi connectivity index (χ0) is 21.1. The van der Waals surface area contributed by atoms with Gasteiger partial charge in [-0.3, -0.25) is 4.79 Å². The number of aromatic nitrogens is 1. The number of fused-ring (bicyclic) bond motifs is 1. The van der Waals surface area contributed by atoms with E-state index in [1.165, 1.54) is 19.2 Å². The number of rotatable bonds is 6. The molecule has 0 fully saturated rings. The van der Waals surface area contributed by atoms with Gasteiger partial charge in [-0.15, -0.1) is 0 Å². The highest BCUT2D eigenvalue weighted by molar-refractivity contribution is 6.17. The molecule has 1 aromatic heterocycles. The third-order valence-corrected chi connectivity index (χ3v) is 4.43. The minimum atomic E-state index is -1.33. The van der Waals surface area contributed by atoms with E-state index in [9.17, 15) is 18.4 Å². The largest absolute Gasteiger partial charge is 0.478 e. The Kier molecular flexibility index (Phi) is 5.72. The summed E-state index contributed by atoms with van der Waals surface area (Å²) in [5, 5.41) is 11.9. The minimum absolute atomic E-state index is 0.0692. The Balaban J connectivity index is 2.07. The Bertz CT molecular complexity index is 1080. The molecule has 1 heterocycles. The Morgan fingerprint density at radius 3 is 2.48 bits per heavy atom. The Morgan fingerprint density at radius 2 is 1.86 bits per heavy atom. The van der Waals surface area contributed by atoms with Gasteiger partial charge in [-0.05, 0) is 49.1 Å². The maximum absolute atomic E-state index is 14.7. The van der Waals surface area contributed by atoms with E-state index in [2.05, 4.69) is 10.3 Å². The van der Waals surface area contributed by atoms with Gasteiger partial charge >= 0.3 is 6.09 Å². The SMILES string of the molecule is CCOc1nccc2c(C(=O)c3c(F)cc([C@H](C)NC(=O)O)cc3F)cccc12. The molecule has 0 aliphatic carbocycles. The number of ether oxygens (including phenoxy) is 1. The van der Waals surface area contributed by atoms with E-state index in [-0.39, 0.29) is 11.1 Å². The van der Waals surface area contributed by atoms with Crippen molar-refractivity contribution in [1.82, 2.24) is 10.3 Å². The van der Waals surface area contributed by atoms with Crippen molar-refractivity contribution in [2.75, 3.05) is 6.61 Å². The molecule has 0 spiro atoms. The van der Waals surface area contributed by atoms with E-state index >= 15 is 0 Å². The fourth-order valence-corrected chi connectivity index (χ4v) is 3.09. The molecule has 0 aliphatic heterocycles. The van der Waals surface area contributed by atoms with Crippen molar-refractivity contribution in [1.29, 1.82) is 0 Å². The highest BCUT2D eigenvalue weighted by Crippen LogP contribution is 2.29. The van der Waals surface area contributed by atoms with Crippen LogP contribution in [0.2, 0.25) is 0 Å². The second-order valence-corrected chi connectivity index (χ2v) is 6.31. The quantitative estimate of drug-likeness (QED) is 0.596. The molecular formula is C21H18F2N2O4. The van der Waals surface area contributed by atoms with Crippen LogP contribution in [-0.2, 0) is 0 Å². The number of amides is 1. The standard InChI is InChI=1S/C21H18F2N2O4/c1-3-29-20-15-6-4-5-14(13(15)7-8-24-20)19(26)18-16(22)9-12(10-17(18)23)11(2)25-21(27)28/h4-11,25H,3H2,1-2H3,(H,27,28)/t11-/m0/s1. The molecule has 2 aromatic carbocycles.